The molecular weight excluding hydrogens is 208 g/mol. The third kappa shape index (κ3) is 1.56. The van der Waals surface area contributed by atoms with E-state index in [0.717, 1.165) is 0 Å². The number of aromatic nitrogens is 1. The molecular formula is C11H10N2O3. The van der Waals surface area contributed by atoms with Gasteiger partial charge in [0.1, 0.15) is 0 Å². The number of aliphatic hydroxyl groups is 1. The molecule has 0 saturated heterocycles. The summed E-state index contributed by atoms with van der Waals surface area (Å²) in [6.45, 7) is 1.31. The van der Waals surface area contributed by atoms with E-state index in [1.54, 1.807) is 24.5 Å². The lowest BCUT2D eigenvalue weighted by molar-refractivity contribution is -0.119. The van der Waals surface area contributed by atoms with Gasteiger partial charge in [0, 0.05) is 12.4 Å². The first-order valence-corrected chi connectivity index (χ1v) is 4.76. The van der Waals surface area contributed by atoms with Gasteiger partial charge in [0.25, 0.3) is 5.91 Å². The Morgan fingerprint density at radius 1 is 1.56 bits per heavy atom. The van der Waals surface area contributed by atoms with Crippen LogP contribution in [0.25, 0.3) is 0 Å². The summed E-state index contributed by atoms with van der Waals surface area (Å²) in [7, 11) is 0. The summed E-state index contributed by atoms with van der Waals surface area (Å²) in [5.74, 6) is -1.45. The molecule has 1 aromatic rings. The van der Waals surface area contributed by atoms with E-state index in [0.29, 0.717) is 5.56 Å². The molecule has 2 N–H and O–H groups in total. The van der Waals surface area contributed by atoms with Crippen molar-refractivity contribution in [3.63, 3.8) is 0 Å². The van der Waals surface area contributed by atoms with E-state index >= 15 is 0 Å². The second-order valence-corrected chi connectivity index (χ2v) is 3.51. The van der Waals surface area contributed by atoms with Crippen molar-refractivity contribution in [2.45, 2.75) is 13.0 Å². The van der Waals surface area contributed by atoms with Crippen LogP contribution in [0.1, 0.15) is 18.5 Å². The number of aliphatic hydroxyl groups excluding tert-OH is 1. The summed E-state index contributed by atoms with van der Waals surface area (Å²) in [4.78, 5) is 26.5. The van der Waals surface area contributed by atoms with E-state index < -0.39 is 17.7 Å². The fraction of sp³-hybridized carbons (Fsp3) is 0.182. The molecule has 0 spiro atoms. The second-order valence-electron chi connectivity index (χ2n) is 3.51. The fourth-order valence-electron chi connectivity index (χ4n) is 1.70. The summed E-state index contributed by atoms with van der Waals surface area (Å²) in [6.07, 6.45) is 3.14. The second kappa shape index (κ2) is 3.77. The van der Waals surface area contributed by atoms with Gasteiger partial charge in [-0.1, -0.05) is 6.07 Å². The topological polar surface area (TPSA) is 79.3 Å². The van der Waals surface area contributed by atoms with Gasteiger partial charge in [-0.3, -0.25) is 14.6 Å². The van der Waals surface area contributed by atoms with Crippen molar-refractivity contribution >= 4 is 11.7 Å². The predicted octanol–water partition coefficient (Wildman–Crippen LogP) is 0.654. The Morgan fingerprint density at radius 2 is 2.31 bits per heavy atom. The van der Waals surface area contributed by atoms with Gasteiger partial charge in [-0.2, -0.15) is 0 Å². The molecule has 5 heteroatoms. The van der Waals surface area contributed by atoms with Crippen LogP contribution in [0.15, 0.2) is 35.9 Å². The van der Waals surface area contributed by atoms with Gasteiger partial charge < -0.3 is 10.4 Å². The van der Waals surface area contributed by atoms with Gasteiger partial charge in [-0.15, -0.1) is 0 Å². The minimum atomic E-state index is -0.626. The smallest absolute Gasteiger partial charge is 0.287 e. The largest absolute Gasteiger partial charge is 0.503 e. The van der Waals surface area contributed by atoms with Crippen molar-refractivity contribution in [2.75, 3.05) is 0 Å². The Bertz CT molecular complexity index is 479. The molecule has 0 fully saturated rings. The van der Waals surface area contributed by atoms with Crippen LogP contribution >= 0.6 is 0 Å². The van der Waals surface area contributed by atoms with Crippen LogP contribution in [-0.4, -0.2) is 21.8 Å². The molecule has 0 aliphatic carbocycles. The van der Waals surface area contributed by atoms with Gasteiger partial charge >= 0.3 is 0 Å². The van der Waals surface area contributed by atoms with Crippen molar-refractivity contribution in [3.05, 3.63) is 41.4 Å². The Hall–Kier alpha value is -2.17. The number of pyridine rings is 1. The van der Waals surface area contributed by atoms with Crippen molar-refractivity contribution in [1.82, 2.24) is 10.3 Å². The van der Waals surface area contributed by atoms with Gasteiger partial charge in [0.15, 0.2) is 11.5 Å². The third-order valence-electron chi connectivity index (χ3n) is 2.43. The number of hydrogen-bond acceptors (Lipinski definition) is 4. The summed E-state index contributed by atoms with van der Waals surface area (Å²) < 4.78 is 0. The lowest BCUT2D eigenvalue weighted by Crippen LogP contribution is -2.23. The van der Waals surface area contributed by atoms with Crippen LogP contribution in [0.2, 0.25) is 0 Å². The molecule has 82 valence electrons. The van der Waals surface area contributed by atoms with E-state index in [4.69, 9.17) is 0 Å². The Labute approximate surface area is 91.8 Å². The maximum absolute atomic E-state index is 11.4. The average molecular weight is 218 g/mol. The zero-order chi connectivity index (χ0) is 11.7. The van der Waals surface area contributed by atoms with Gasteiger partial charge in [-0.25, -0.2) is 0 Å². The highest BCUT2D eigenvalue weighted by atomic mass is 16.3. The summed E-state index contributed by atoms with van der Waals surface area (Å²) in [5.41, 5.74) is 0.767. The Kier molecular flexibility index (Phi) is 2.44. The zero-order valence-corrected chi connectivity index (χ0v) is 8.60. The normalized spacial score (nSPS) is 19.8. The van der Waals surface area contributed by atoms with E-state index in [-0.39, 0.29) is 11.4 Å². The molecule has 0 saturated carbocycles. The van der Waals surface area contributed by atoms with Gasteiger partial charge in [-0.05, 0) is 18.6 Å². The molecule has 1 amide bonds. The minimum Gasteiger partial charge on any atom is -0.503 e. The Balaban J connectivity index is 2.45. The fourth-order valence-corrected chi connectivity index (χ4v) is 1.70. The molecule has 1 atom stereocenters. The molecule has 1 aliphatic heterocycles. The number of carbonyl (C=O) groups excluding carboxylic acids is 2. The van der Waals surface area contributed by atoms with Crippen molar-refractivity contribution in [1.29, 1.82) is 0 Å². The molecule has 1 aromatic heterocycles. The van der Waals surface area contributed by atoms with Crippen molar-refractivity contribution in [3.8, 4) is 0 Å². The molecule has 2 rings (SSSR count). The third-order valence-corrected chi connectivity index (χ3v) is 2.43. The van der Waals surface area contributed by atoms with Crippen molar-refractivity contribution < 1.29 is 14.7 Å². The molecule has 2 heterocycles. The first-order valence-electron chi connectivity index (χ1n) is 4.76. The van der Waals surface area contributed by atoms with Crippen LogP contribution in [0.3, 0.4) is 0 Å². The van der Waals surface area contributed by atoms with E-state index in [1.807, 2.05) is 0 Å². The maximum Gasteiger partial charge on any atom is 0.287 e. The first kappa shape index (κ1) is 10.4. The van der Waals surface area contributed by atoms with E-state index in [1.165, 1.54) is 6.92 Å². The lowest BCUT2D eigenvalue weighted by Gasteiger charge is -2.12. The van der Waals surface area contributed by atoms with Crippen LogP contribution in [0.5, 0.6) is 0 Å². The quantitative estimate of drug-likeness (QED) is 0.764. The number of nitrogens with zero attached hydrogens (tertiary/aromatic N) is 1. The molecule has 0 radical (unpaired) electrons. The van der Waals surface area contributed by atoms with Crippen LogP contribution in [-0.2, 0) is 9.59 Å². The number of amides is 1. The standard InChI is InChI=1S/C11H10N2O3/c1-6(14)8-9(13-11(16)10(8)15)7-3-2-4-12-5-7/h2-5,9,15H,1H3,(H,13,16)/t9-/m1/s1. The number of ketones is 1. The van der Waals surface area contributed by atoms with Gasteiger partial charge in [0.05, 0.1) is 11.6 Å². The van der Waals surface area contributed by atoms with Gasteiger partial charge in [0.2, 0.25) is 0 Å². The van der Waals surface area contributed by atoms with Crippen molar-refractivity contribution in [2.24, 2.45) is 0 Å². The number of carbonyl (C=O) groups is 2. The monoisotopic (exact) mass is 218 g/mol. The molecule has 16 heavy (non-hydrogen) atoms. The predicted molar refractivity (Wildman–Crippen MR) is 55.5 cm³/mol. The highest BCUT2D eigenvalue weighted by Crippen LogP contribution is 2.28. The number of Topliss-reactive ketones (excluding diaryl/α,β-unsaturated/α-hetero) is 1. The summed E-state index contributed by atoms with van der Waals surface area (Å²) in [5, 5.41) is 12.0. The summed E-state index contributed by atoms with van der Waals surface area (Å²) >= 11 is 0. The average Bonchev–Trinajstić information content (AvgIpc) is 2.57. The molecule has 0 unspecified atom stereocenters. The van der Waals surface area contributed by atoms with Crippen LogP contribution < -0.4 is 5.32 Å². The zero-order valence-electron chi connectivity index (χ0n) is 8.60. The lowest BCUT2D eigenvalue weighted by atomic mass is 9.99. The Morgan fingerprint density at radius 3 is 2.88 bits per heavy atom. The highest BCUT2D eigenvalue weighted by molar-refractivity contribution is 6.08. The number of nitrogens with one attached hydrogen (secondary N) is 1. The number of hydrogen-bond donors (Lipinski definition) is 2. The SMILES string of the molecule is CC(=O)C1=C(O)C(=O)N[C@@H]1c1cccnc1. The number of rotatable bonds is 2. The molecule has 0 bridgehead atoms. The van der Waals surface area contributed by atoms with Crippen LogP contribution in [0.4, 0.5) is 0 Å². The maximum atomic E-state index is 11.4. The van der Waals surface area contributed by atoms with E-state index in [9.17, 15) is 14.7 Å². The molecule has 0 aromatic carbocycles. The summed E-state index contributed by atoms with van der Waals surface area (Å²) in [6, 6.07) is 2.84. The molecule has 5 nitrogen and oxygen atoms in total. The highest BCUT2D eigenvalue weighted by Gasteiger charge is 2.35. The first-order chi connectivity index (χ1) is 7.61. The van der Waals surface area contributed by atoms with E-state index in [2.05, 4.69) is 10.3 Å². The minimum absolute atomic E-state index is 0.0954. The molecule has 1 aliphatic rings. The van der Waals surface area contributed by atoms with Crippen LogP contribution in [0, 0.1) is 0 Å².